The number of nitrogens with one attached hydrogen (secondary N) is 2. The molecule has 2 N–H and O–H groups in total. The van der Waals surface area contributed by atoms with Crippen molar-refractivity contribution in [2.45, 2.75) is 25.7 Å². The van der Waals surface area contributed by atoms with Gasteiger partial charge in [-0.2, -0.15) is 0 Å². The van der Waals surface area contributed by atoms with Crippen molar-refractivity contribution in [2.75, 3.05) is 10.6 Å². The van der Waals surface area contributed by atoms with E-state index in [1.807, 2.05) is 36.6 Å². The number of aryl methyl sites for hydroxylation is 1. The molecule has 1 aliphatic rings. The van der Waals surface area contributed by atoms with Crippen LogP contribution in [0, 0.1) is 6.92 Å². The summed E-state index contributed by atoms with van der Waals surface area (Å²) in [6, 6.07) is 7.43. The molecular weight excluding hydrogens is 334 g/mol. The molecule has 0 aliphatic heterocycles. The topological polar surface area (TPSA) is 79.8 Å². The average molecular weight is 351 g/mol. The van der Waals surface area contributed by atoms with E-state index in [0.29, 0.717) is 22.4 Å². The van der Waals surface area contributed by atoms with E-state index in [9.17, 15) is 4.79 Å². The Balaban J connectivity index is 1.56. The smallest absolute Gasteiger partial charge is 0.278 e. The zero-order valence-electron chi connectivity index (χ0n) is 13.7. The summed E-state index contributed by atoms with van der Waals surface area (Å²) in [7, 11) is 0. The van der Waals surface area contributed by atoms with Crippen molar-refractivity contribution in [1.29, 1.82) is 0 Å². The molecule has 0 atom stereocenters. The lowest BCUT2D eigenvalue weighted by molar-refractivity contribution is 0.102. The highest BCUT2D eigenvalue weighted by molar-refractivity contribution is 7.14. The Morgan fingerprint density at radius 2 is 2.12 bits per heavy atom. The van der Waals surface area contributed by atoms with Gasteiger partial charge in [0.25, 0.3) is 5.91 Å². The molecule has 3 aromatic rings. The zero-order valence-corrected chi connectivity index (χ0v) is 14.5. The van der Waals surface area contributed by atoms with Gasteiger partial charge in [-0.1, -0.05) is 0 Å². The minimum absolute atomic E-state index is 0.271. The summed E-state index contributed by atoms with van der Waals surface area (Å²) >= 11 is 1.45. The second-order valence-electron chi connectivity index (χ2n) is 6.02. The molecule has 4 rings (SSSR count). The number of thiazole rings is 1. The van der Waals surface area contributed by atoms with Crippen LogP contribution in [0.4, 0.5) is 16.5 Å². The largest absolute Gasteiger partial charge is 0.352 e. The van der Waals surface area contributed by atoms with Crippen LogP contribution in [0.3, 0.4) is 0 Å². The van der Waals surface area contributed by atoms with E-state index < -0.39 is 0 Å². The Morgan fingerprint density at radius 1 is 1.24 bits per heavy atom. The molecule has 25 heavy (non-hydrogen) atoms. The number of nitrogens with zero attached hydrogens (tertiary/aromatic N) is 3. The predicted molar refractivity (Wildman–Crippen MR) is 98.5 cm³/mol. The molecule has 6 nitrogen and oxygen atoms in total. The minimum Gasteiger partial charge on any atom is -0.352 e. The van der Waals surface area contributed by atoms with Crippen molar-refractivity contribution in [1.82, 2.24) is 15.0 Å². The SMILES string of the molecule is Cc1ccc(Nc2cccnc2)c(C(=O)Nc2nc(C3CC3)cs2)n1. The first-order valence-electron chi connectivity index (χ1n) is 8.10. The van der Waals surface area contributed by atoms with Crippen LogP contribution < -0.4 is 10.6 Å². The maximum atomic E-state index is 12.7. The third-order valence-corrected chi connectivity index (χ3v) is 4.70. The molecule has 3 heterocycles. The van der Waals surface area contributed by atoms with Gasteiger partial charge in [0.2, 0.25) is 0 Å². The highest BCUT2D eigenvalue weighted by atomic mass is 32.1. The number of anilines is 3. The van der Waals surface area contributed by atoms with Gasteiger partial charge in [-0.3, -0.25) is 15.1 Å². The van der Waals surface area contributed by atoms with Crippen LogP contribution in [0.15, 0.2) is 42.0 Å². The van der Waals surface area contributed by atoms with E-state index in [1.54, 1.807) is 12.4 Å². The van der Waals surface area contributed by atoms with Gasteiger partial charge in [-0.25, -0.2) is 9.97 Å². The predicted octanol–water partition coefficient (Wildman–Crippen LogP) is 4.11. The van der Waals surface area contributed by atoms with Crippen LogP contribution >= 0.6 is 11.3 Å². The van der Waals surface area contributed by atoms with Crippen LogP contribution in [0.2, 0.25) is 0 Å². The quantitative estimate of drug-likeness (QED) is 0.723. The molecule has 1 fully saturated rings. The lowest BCUT2D eigenvalue weighted by atomic mass is 10.2. The molecular formula is C18H17N5OS. The third kappa shape index (κ3) is 3.66. The van der Waals surface area contributed by atoms with Crippen LogP contribution in [-0.4, -0.2) is 20.9 Å². The van der Waals surface area contributed by atoms with Crippen LogP contribution in [-0.2, 0) is 0 Å². The van der Waals surface area contributed by atoms with E-state index in [1.165, 1.54) is 24.2 Å². The van der Waals surface area contributed by atoms with Gasteiger partial charge in [-0.15, -0.1) is 11.3 Å². The molecule has 7 heteroatoms. The molecule has 0 unspecified atom stereocenters. The Hall–Kier alpha value is -2.80. The zero-order chi connectivity index (χ0) is 17.2. The molecule has 0 spiro atoms. The Labute approximate surface area is 149 Å². The lowest BCUT2D eigenvalue weighted by Gasteiger charge is -2.11. The summed E-state index contributed by atoms with van der Waals surface area (Å²) in [6.45, 7) is 1.86. The molecule has 3 aromatic heterocycles. The number of pyridine rings is 2. The van der Waals surface area contributed by atoms with E-state index in [4.69, 9.17) is 0 Å². The van der Waals surface area contributed by atoms with Gasteiger partial charge in [0.1, 0.15) is 0 Å². The lowest BCUT2D eigenvalue weighted by Crippen LogP contribution is -2.16. The van der Waals surface area contributed by atoms with E-state index in [2.05, 4.69) is 25.6 Å². The van der Waals surface area contributed by atoms with Gasteiger partial charge >= 0.3 is 0 Å². The van der Waals surface area contributed by atoms with E-state index in [0.717, 1.165) is 17.1 Å². The van der Waals surface area contributed by atoms with Gasteiger partial charge in [0.15, 0.2) is 10.8 Å². The van der Waals surface area contributed by atoms with E-state index >= 15 is 0 Å². The number of carbonyl (C=O) groups excluding carboxylic acids is 1. The van der Waals surface area contributed by atoms with Crippen molar-refractivity contribution in [3.8, 4) is 0 Å². The van der Waals surface area contributed by atoms with E-state index in [-0.39, 0.29) is 5.91 Å². The maximum absolute atomic E-state index is 12.7. The number of amides is 1. The number of aromatic nitrogens is 3. The highest BCUT2D eigenvalue weighted by Gasteiger charge is 2.26. The second-order valence-corrected chi connectivity index (χ2v) is 6.88. The Bertz CT molecular complexity index is 905. The molecule has 1 aliphatic carbocycles. The summed E-state index contributed by atoms with van der Waals surface area (Å²) in [4.78, 5) is 25.7. The van der Waals surface area contributed by atoms with Gasteiger partial charge in [0.05, 0.1) is 23.3 Å². The third-order valence-electron chi connectivity index (χ3n) is 3.93. The molecule has 0 bridgehead atoms. The standard InChI is InChI=1S/C18H17N5OS/c1-11-4-7-14(21-13-3-2-8-19-9-13)16(20-11)17(24)23-18-22-15(10-25-18)12-5-6-12/h2-4,7-10,12,21H,5-6H2,1H3,(H,22,23,24). The summed E-state index contributed by atoms with van der Waals surface area (Å²) in [5, 5.41) is 8.70. The summed E-state index contributed by atoms with van der Waals surface area (Å²) in [6.07, 6.45) is 5.78. The Kier molecular flexibility index (Phi) is 4.15. The fraction of sp³-hybridized carbons (Fsp3) is 0.222. The van der Waals surface area contributed by atoms with Crippen LogP contribution in [0.1, 0.15) is 40.6 Å². The first-order valence-corrected chi connectivity index (χ1v) is 8.98. The van der Waals surface area contributed by atoms with Crippen molar-refractivity contribution in [3.63, 3.8) is 0 Å². The van der Waals surface area contributed by atoms with Gasteiger partial charge in [-0.05, 0) is 44.0 Å². The number of hydrogen-bond acceptors (Lipinski definition) is 6. The molecule has 1 saturated carbocycles. The summed E-state index contributed by atoms with van der Waals surface area (Å²) < 4.78 is 0. The summed E-state index contributed by atoms with van der Waals surface area (Å²) in [5.74, 6) is 0.300. The van der Waals surface area contributed by atoms with Crippen molar-refractivity contribution >= 4 is 33.8 Å². The highest BCUT2D eigenvalue weighted by Crippen LogP contribution is 2.40. The van der Waals surface area contributed by atoms with Crippen molar-refractivity contribution < 1.29 is 4.79 Å². The van der Waals surface area contributed by atoms with Crippen LogP contribution in [0.5, 0.6) is 0 Å². The number of hydrogen-bond donors (Lipinski definition) is 2. The fourth-order valence-electron chi connectivity index (χ4n) is 2.49. The second kappa shape index (κ2) is 6.60. The first-order chi connectivity index (χ1) is 12.2. The first kappa shape index (κ1) is 15.7. The molecule has 0 aromatic carbocycles. The van der Waals surface area contributed by atoms with Crippen molar-refractivity contribution in [2.24, 2.45) is 0 Å². The summed E-state index contributed by atoms with van der Waals surface area (Å²) in [5.41, 5.74) is 3.63. The molecule has 126 valence electrons. The molecule has 0 saturated heterocycles. The fourth-order valence-corrected chi connectivity index (χ4v) is 3.28. The van der Waals surface area contributed by atoms with Gasteiger partial charge < -0.3 is 5.32 Å². The molecule has 1 amide bonds. The number of carbonyl (C=O) groups is 1. The average Bonchev–Trinajstić information content (AvgIpc) is 3.37. The normalized spacial score (nSPS) is 13.5. The maximum Gasteiger partial charge on any atom is 0.278 e. The minimum atomic E-state index is -0.271. The number of rotatable bonds is 5. The monoisotopic (exact) mass is 351 g/mol. The molecule has 0 radical (unpaired) electrons. The van der Waals surface area contributed by atoms with Crippen molar-refractivity contribution in [3.05, 3.63) is 59.1 Å². The van der Waals surface area contributed by atoms with Crippen LogP contribution in [0.25, 0.3) is 0 Å². The van der Waals surface area contributed by atoms with Gasteiger partial charge in [0, 0.05) is 23.2 Å². The Morgan fingerprint density at radius 3 is 2.88 bits per heavy atom.